The van der Waals surface area contributed by atoms with Crippen LogP contribution in [-0.4, -0.2) is 14.1 Å². The third-order valence-electron chi connectivity index (χ3n) is 1.66. The molecule has 0 saturated heterocycles. The molecule has 0 saturated carbocycles. The van der Waals surface area contributed by atoms with Gasteiger partial charge in [0.2, 0.25) is 14.1 Å². The predicted octanol–water partition coefficient (Wildman–Crippen LogP) is 3.37. The SMILES string of the molecule is C/C=C1\C=C(O[Si](C)(C)C)OC(C)(C)O1. The Morgan fingerprint density at radius 3 is 2.33 bits per heavy atom. The summed E-state index contributed by atoms with van der Waals surface area (Å²) in [6, 6.07) is 0. The standard InChI is InChI=1S/C11H20O3Si/c1-7-9-8-10(14-15(4,5)6)13-11(2,3)12-9/h7-8H,1-6H3/b9-7+. The van der Waals surface area contributed by atoms with E-state index in [9.17, 15) is 0 Å². The van der Waals surface area contributed by atoms with Crippen LogP contribution in [0.4, 0.5) is 0 Å². The van der Waals surface area contributed by atoms with Crippen molar-refractivity contribution in [1.29, 1.82) is 0 Å². The van der Waals surface area contributed by atoms with Gasteiger partial charge < -0.3 is 13.9 Å². The highest BCUT2D eigenvalue weighted by Gasteiger charge is 2.31. The fourth-order valence-corrected chi connectivity index (χ4v) is 1.92. The largest absolute Gasteiger partial charge is 0.520 e. The lowest BCUT2D eigenvalue weighted by atomic mass is 10.3. The molecule has 0 bridgehead atoms. The van der Waals surface area contributed by atoms with Gasteiger partial charge in [-0.1, -0.05) is 0 Å². The topological polar surface area (TPSA) is 27.7 Å². The molecular formula is C11H20O3Si. The maximum absolute atomic E-state index is 5.80. The van der Waals surface area contributed by atoms with Crippen molar-refractivity contribution >= 4 is 8.32 Å². The smallest absolute Gasteiger partial charge is 0.272 e. The second kappa shape index (κ2) is 3.93. The summed E-state index contributed by atoms with van der Waals surface area (Å²) in [5.41, 5.74) is 0. The van der Waals surface area contributed by atoms with Gasteiger partial charge in [0.15, 0.2) is 0 Å². The van der Waals surface area contributed by atoms with Crippen molar-refractivity contribution in [3.63, 3.8) is 0 Å². The Balaban J connectivity index is 2.85. The van der Waals surface area contributed by atoms with E-state index in [1.54, 1.807) is 6.08 Å². The molecule has 0 unspecified atom stereocenters. The van der Waals surface area contributed by atoms with Crippen molar-refractivity contribution in [3.8, 4) is 0 Å². The molecule has 0 aromatic carbocycles. The van der Waals surface area contributed by atoms with Crippen molar-refractivity contribution in [1.82, 2.24) is 0 Å². The second-order valence-electron chi connectivity index (χ2n) is 4.97. The van der Waals surface area contributed by atoms with Crippen LogP contribution in [0.1, 0.15) is 20.8 Å². The molecule has 3 nitrogen and oxygen atoms in total. The molecule has 4 heteroatoms. The zero-order valence-corrected chi connectivity index (χ0v) is 11.4. The van der Waals surface area contributed by atoms with Gasteiger partial charge in [-0.15, -0.1) is 0 Å². The first-order valence-electron chi connectivity index (χ1n) is 5.17. The van der Waals surface area contributed by atoms with Crippen molar-refractivity contribution in [2.75, 3.05) is 0 Å². The minimum absolute atomic E-state index is 0.568. The van der Waals surface area contributed by atoms with Crippen LogP contribution in [0.5, 0.6) is 0 Å². The summed E-state index contributed by atoms with van der Waals surface area (Å²) in [4.78, 5) is 0. The summed E-state index contributed by atoms with van der Waals surface area (Å²) in [5.74, 6) is 0.712. The lowest BCUT2D eigenvalue weighted by Crippen LogP contribution is -2.35. The van der Waals surface area contributed by atoms with Gasteiger partial charge in [0.25, 0.3) is 5.95 Å². The Kier molecular flexibility index (Phi) is 3.18. The van der Waals surface area contributed by atoms with Gasteiger partial charge in [-0.05, 0) is 32.6 Å². The molecule has 0 radical (unpaired) electrons. The van der Waals surface area contributed by atoms with Crippen LogP contribution in [0.2, 0.25) is 19.6 Å². The van der Waals surface area contributed by atoms with E-state index in [2.05, 4.69) is 19.6 Å². The molecule has 86 valence electrons. The van der Waals surface area contributed by atoms with Crippen molar-refractivity contribution in [3.05, 3.63) is 23.9 Å². The molecule has 0 N–H and O–H groups in total. The number of allylic oxidation sites excluding steroid dienone is 2. The summed E-state index contributed by atoms with van der Waals surface area (Å²) in [6.07, 6.45) is 3.70. The minimum atomic E-state index is -1.63. The molecule has 1 aliphatic heterocycles. The van der Waals surface area contributed by atoms with Crippen LogP contribution in [0, 0.1) is 0 Å². The number of hydrogen-bond donors (Lipinski definition) is 0. The highest BCUT2D eigenvalue weighted by atomic mass is 28.4. The quantitative estimate of drug-likeness (QED) is 0.678. The van der Waals surface area contributed by atoms with Crippen LogP contribution >= 0.6 is 0 Å². The van der Waals surface area contributed by atoms with Gasteiger partial charge in [-0.25, -0.2) is 0 Å². The van der Waals surface area contributed by atoms with Crippen LogP contribution < -0.4 is 0 Å². The third kappa shape index (κ3) is 3.99. The highest BCUT2D eigenvalue weighted by molar-refractivity contribution is 6.70. The number of rotatable bonds is 2. The normalized spacial score (nSPS) is 22.8. The number of hydrogen-bond acceptors (Lipinski definition) is 3. The molecule has 0 spiro atoms. The molecular weight excluding hydrogens is 208 g/mol. The predicted molar refractivity (Wildman–Crippen MR) is 62.5 cm³/mol. The minimum Gasteiger partial charge on any atom is -0.520 e. The summed E-state index contributed by atoms with van der Waals surface area (Å²) in [7, 11) is -1.63. The average molecular weight is 228 g/mol. The Morgan fingerprint density at radius 2 is 1.87 bits per heavy atom. The molecule has 0 fully saturated rings. The summed E-state index contributed by atoms with van der Waals surface area (Å²) in [5, 5.41) is 0. The first-order chi connectivity index (χ1) is 6.72. The van der Waals surface area contributed by atoms with E-state index in [-0.39, 0.29) is 0 Å². The van der Waals surface area contributed by atoms with Crippen molar-refractivity contribution < 1.29 is 13.9 Å². The molecule has 0 aromatic heterocycles. The van der Waals surface area contributed by atoms with Crippen LogP contribution in [0.3, 0.4) is 0 Å². The highest BCUT2D eigenvalue weighted by Crippen LogP contribution is 2.29. The van der Waals surface area contributed by atoms with Gasteiger partial charge in [0, 0.05) is 13.8 Å². The molecule has 0 amide bonds. The first-order valence-corrected chi connectivity index (χ1v) is 8.58. The fraction of sp³-hybridized carbons (Fsp3) is 0.636. The first kappa shape index (κ1) is 12.2. The second-order valence-corrected chi connectivity index (χ2v) is 9.40. The average Bonchev–Trinajstić information content (AvgIpc) is 1.97. The van der Waals surface area contributed by atoms with Gasteiger partial charge in [0.05, 0.1) is 6.08 Å². The zero-order chi connectivity index (χ0) is 11.7. The summed E-state index contributed by atoms with van der Waals surface area (Å²) >= 11 is 0. The van der Waals surface area contributed by atoms with E-state index in [4.69, 9.17) is 13.9 Å². The van der Waals surface area contributed by atoms with E-state index in [0.717, 1.165) is 5.76 Å². The van der Waals surface area contributed by atoms with Crippen LogP contribution in [0.25, 0.3) is 0 Å². The molecule has 0 aromatic rings. The molecule has 1 heterocycles. The lowest BCUT2D eigenvalue weighted by molar-refractivity contribution is -0.194. The third-order valence-corrected chi connectivity index (χ3v) is 2.47. The van der Waals surface area contributed by atoms with Gasteiger partial charge in [-0.3, -0.25) is 0 Å². The zero-order valence-electron chi connectivity index (χ0n) is 10.4. The van der Waals surface area contributed by atoms with Gasteiger partial charge in [-0.2, -0.15) is 0 Å². The van der Waals surface area contributed by atoms with Crippen molar-refractivity contribution in [2.24, 2.45) is 0 Å². The van der Waals surface area contributed by atoms with E-state index < -0.39 is 14.1 Å². The molecule has 15 heavy (non-hydrogen) atoms. The van der Waals surface area contributed by atoms with E-state index >= 15 is 0 Å². The molecule has 1 aliphatic rings. The number of ether oxygens (including phenoxy) is 2. The van der Waals surface area contributed by atoms with Crippen molar-refractivity contribution in [2.45, 2.75) is 46.2 Å². The van der Waals surface area contributed by atoms with Crippen LogP contribution in [0.15, 0.2) is 23.9 Å². The summed E-state index contributed by atoms with van der Waals surface area (Å²) in [6.45, 7) is 12.0. The van der Waals surface area contributed by atoms with Gasteiger partial charge >= 0.3 is 0 Å². The Hall–Kier alpha value is -0.903. The maximum atomic E-state index is 5.80. The van der Waals surface area contributed by atoms with E-state index in [1.807, 2.05) is 26.8 Å². The van der Waals surface area contributed by atoms with E-state index in [0.29, 0.717) is 5.95 Å². The van der Waals surface area contributed by atoms with E-state index in [1.165, 1.54) is 0 Å². The fourth-order valence-electron chi connectivity index (χ4n) is 1.22. The maximum Gasteiger partial charge on any atom is 0.272 e. The Labute approximate surface area is 92.8 Å². The Morgan fingerprint density at radius 1 is 1.27 bits per heavy atom. The Bertz CT molecular complexity index is 297. The van der Waals surface area contributed by atoms with Crippen LogP contribution in [-0.2, 0) is 13.9 Å². The lowest BCUT2D eigenvalue weighted by Gasteiger charge is -2.34. The molecule has 0 aliphatic carbocycles. The summed E-state index contributed by atoms with van der Waals surface area (Å²) < 4.78 is 17.0. The molecule has 1 rings (SSSR count). The monoisotopic (exact) mass is 228 g/mol. The molecule has 0 atom stereocenters. The van der Waals surface area contributed by atoms with Gasteiger partial charge in [0.1, 0.15) is 5.76 Å².